The zero-order valence-electron chi connectivity index (χ0n) is 16.6. The lowest BCUT2D eigenvalue weighted by Gasteiger charge is -2.36. The lowest BCUT2D eigenvalue weighted by molar-refractivity contribution is 0.0951. The maximum atomic E-state index is 13.1. The lowest BCUT2D eigenvalue weighted by Crippen LogP contribution is -2.47. The van der Waals surface area contributed by atoms with E-state index in [-0.39, 0.29) is 11.7 Å². The van der Waals surface area contributed by atoms with Gasteiger partial charge in [-0.2, -0.15) is 0 Å². The third-order valence-corrected chi connectivity index (χ3v) is 5.47. The van der Waals surface area contributed by atoms with Crippen molar-refractivity contribution in [3.8, 4) is 0 Å². The SMILES string of the molecule is O=C(NCCCN1CCN(c2ccc(F)cc2)CC1)c1coc(=O)c2ccccc12. The van der Waals surface area contributed by atoms with Crippen LogP contribution < -0.4 is 15.8 Å². The van der Waals surface area contributed by atoms with Crippen LogP contribution >= 0.6 is 0 Å². The summed E-state index contributed by atoms with van der Waals surface area (Å²) < 4.78 is 18.1. The molecule has 3 aromatic rings. The van der Waals surface area contributed by atoms with E-state index in [1.807, 2.05) is 12.1 Å². The van der Waals surface area contributed by atoms with Crippen molar-refractivity contribution in [3.05, 3.63) is 76.6 Å². The molecule has 1 fully saturated rings. The van der Waals surface area contributed by atoms with Crippen molar-refractivity contribution in [1.82, 2.24) is 10.2 Å². The Bertz CT molecular complexity index is 1070. The van der Waals surface area contributed by atoms with Gasteiger partial charge in [-0.1, -0.05) is 18.2 Å². The average molecular weight is 409 g/mol. The zero-order valence-corrected chi connectivity index (χ0v) is 16.6. The van der Waals surface area contributed by atoms with Crippen molar-refractivity contribution < 1.29 is 13.6 Å². The summed E-state index contributed by atoms with van der Waals surface area (Å²) in [5.74, 6) is -0.457. The van der Waals surface area contributed by atoms with Gasteiger partial charge < -0.3 is 14.6 Å². The Balaban J connectivity index is 1.23. The highest BCUT2D eigenvalue weighted by Crippen LogP contribution is 2.17. The molecular formula is C23H24FN3O3. The molecule has 2 aromatic carbocycles. The molecule has 4 rings (SSSR count). The third kappa shape index (κ3) is 4.52. The second-order valence-corrected chi connectivity index (χ2v) is 7.40. The van der Waals surface area contributed by atoms with Crippen LogP contribution in [0.4, 0.5) is 10.1 Å². The molecule has 6 nitrogen and oxygen atoms in total. The van der Waals surface area contributed by atoms with Crippen LogP contribution in [-0.4, -0.2) is 50.1 Å². The minimum atomic E-state index is -0.443. The molecule has 1 aliphatic rings. The van der Waals surface area contributed by atoms with Gasteiger partial charge in [-0.25, -0.2) is 9.18 Å². The highest BCUT2D eigenvalue weighted by Gasteiger charge is 2.17. The van der Waals surface area contributed by atoms with Gasteiger partial charge in [0.15, 0.2) is 0 Å². The van der Waals surface area contributed by atoms with Gasteiger partial charge in [-0.3, -0.25) is 9.69 Å². The van der Waals surface area contributed by atoms with Crippen molar-refractivity contribution in [1.29, 1.82) is 0 Å². The number of carbonyl (C=O) groups excluding carboxylic acids is 1. The zero-order chi connectivity index (χ0) is 20.9. The number of halogens is 1. The fourth-order valence-electron chi connectivity index (χ4n) is 3.79. The summed E-state index contributed by atoms with van der Waals surface area (Å²) in [6, 6.07) is 13.6. The summed E-state index contributed by atoms with van der Waals surface area (Å²) in [5, 5.41) is 3.92. The summed E-state index contributed by atoms with van der Waals surface area (Å²) in [7, 11) is 0. The number of anilines is 1. The van der Waals surface area contributed by atoms with Crippen molar-refractivity contribution in [2.24, 2.45) is 0 Å². The molecule has 0 spiro atoms. The monoisotopic (exact) mass is 409 g/mol. The molecule has 7 heteroatoms. The van der Waals surface area contributed by atoms with Gasteiger partial charge in [0.25, 0.3) is 5.91 Å². The molecule has 0 bridgehead atoms. The largest absolute Gasteiger partial charge is 0.430 e. The standard InChI is InChI=1S/C23H24FN3O3/c24-17-6-8-18(9-7-17)27-14-12-26(13-15-27)11-3-10-25-22(28)21-16-30-23(29)20-5-2-1-4-19(20)21/h1-2,4-9,16H,3,10-15H2,(H,25,28). The van der Waals surface area contributed by atoms with E-state index in [9.17, 15) is 14.0 Å². The van der Waals surface area contributed by atoms with E-state index in [1.165, 1.54) is 18.4 Å². The van der Waals surface area contributed by atoms with Gasteiger partial charge in [-0.15, -0.1) is 0 Å². The Morgan fingerprint density at radius 2 is 1.70 bits per heavy atom. The predicted octanol–water partition coefficient (Wildman–Crippen LogP) is 2.87. The van der Waals surface area contributed by atoms with Crippen molar-refractivity contribution in [2.45, 2.75) is 6.42 Å². The number of carbonyl (C=O) groups is 1. The van der Waals surface area contributed by atoms with E-state index in [2.05, 4.69) is 15.1 Å². The molecule has 0 saturated carbocycles. The van der Waals surface area contributed by atoms with Crippen LogP contribution in [-0.2, 0) is 0 Å². The maximum absolute atomic E-state index is 13.1. The Morgan fingerprint density at radius 3 is 2.43 bits per heavy atom. The molecule has 0 radical (unpaired) electrons. The van der Waals surface area contributed by atoms with Gasteiger partial charge >= 0.3 is 5.63 Å². The Labute approximate surface area is 173 Å². The number of hydrogen-bond donors (Lipinski definition) is 1. The fourth-order valence-corrected chi connectivity index (χ4v) is 3.79. The van der Waals surface area contributed by atoms with Crippen LogP contribution in [0.25, 0.3) is 10.8 Å². The molecule has 0 unspecified atom stereocenters. The molecule has 156 valence electrons. The Hall–Kier alpha value is -3.19. The molecule has 1 aliphatic heterocycles. The van der Waals surface area contributed by atoms with Gasteiger partial charge in [-0.05, 0) is 43.3 Å². The molecule has 0 atom stereocenters. The van der Waals surface area contributed by atoms with Gasteiger partial charge in [0, 0.05) is 43.8 Å². The third-order valence-electron chi connectivity index (χ3n) is 5.47. The van der Waals surface area contributed by atoms with E-state index in [4.69, 9.17) is 4.42 Å². The number of rotatable bonds is 6. The van der Waals surface area contributed by atoms with Crippen LogP contribution in [0.2, 0.25) is 0 Å². The fraction of sp³-hybridized carbons (Fsp3) is 0.304. The summed E-state index contributed by atoms with van der Waals surface area (Å²) in [6.07, 6.45) is 2.06. The number of amides is 1. The number of nitrogens with zero attached hydrogens (tertiary/aromatic N) is 2. The van der Waals surface area contributed by atoms with Gasteiger partial charge in [0.05, 0.1) is 10.9 Å². The van der Waals surface area contributed by atoms with E-state index in [1.54, 1.807) is 24.3 Å². The van der Waals surface area contributed by atoms with Crippen LogP contribution in [0.1, 0.15) is 16.8 Å². The maximum Gasteiger partial charge on any atom is 0.343 e. The quantitative estimate of drug-likeness (QED) is 0.635. The Morgan fingerprint density at radius 1 is 1.00 bits per heavy atom. The van der Waals surface area contributed by atoms with E-state index >= 15 is 0 Å². The first-order valence-electron chi connectivity index (χ1n) is 10.1. The highest BCUT2D eigenvalue weighted by atomic mass is 19.1. The average Bonchev–Trinajstić information content (AvgIpc) is 2.78. The summed E-state index contributed by atoms with van der Waals surface area (Å²) >= 11 is 0. The molecule has 1 N–H and O–H groups in total. The molecule has 2 heterocycles. The molecule has 1 aromatic heterocycles. The molecule has 1 saturated heterocycles. The summed E-state index contributed by atoms with van der Waals surface area (Å²) in [4.78, 5) is 28.9. The number of nitrogens with one attached hydrogen (secondary N) is 1. The van der Waals surface area contributed by atoms with Crippen molar-refractivity contribution in [2.75, 3.05) is 44.2 Å². The first-order chi connectivity index (χ1) is 14.6. The normalized spacial score (nSPS) is 14.8. The molecule has 0 aliphatic carbocycles. The number of hydrogen-bond acceptors (Lipinski definition) is 5. The molecule has 30 heavy (non-hydrogen) atoms. The topological polar surface area (TPSA) is 65.8 Å². The van der Waals surface area contributed by atoms with E-state index < -0.39 is 5.63 Å². The van der Waals surface area contributed by atoms with Gasteiger partial charge in [0.1, 0.15) is 12.1 Å². The highest BCUT2D eigenvalue weighted by molar-refractivity contribution is 6.06. The van der Waals surface area contributed by atoms with Crippen molar-refractivity contribution >= 4 is 22.4 Å². The van der Waals surface area contributed by atoms with Crippen LogP contribution in [0, 0.1) is 5.82 Å². The second kappa shape index (κ2) is 9.09. The minimum Gasteiger partial charge on any atom is -0.430 e. The molecular weight excluding hydrogens is 385 g/mol. The summed E-state index contributed by atoms with van der Waals surface area (Å²) in [6.45, 7) is 5.09. The number of piperazine rings is 1. The van der Waals surface area contributed by atoms with Crippen LogP contribution in [0.5, 0.6) is 0 Å². The first kappa shape index (κ1) is 20.1. The number of fused-ring (bicyclic) bond motifs is 1. The smallest absolute Gasteiger partial charge is 0.343 e. The predicted molar refractivity (Wildman–Crippen MR) is 114 cm³/mol. The van der Waals surface area contributed by atoms with Crippen LogP contribution in [0.3, 0.4) is 0 Å². The van der Waals surface area contributed by atoms with E-state index in [0.717, 1.165) is 44.8 Å². The first-order valence-corrected chi connectivity index (χ1v) is 10.1. The minimum absolute atomic E-state index is 0.218. The van der Waals surface area contributed by atoms with E-state index in [0.29, 0.717) is 22.9 Å². The molecule has 1 amide bonds. The Kier molecular flexibility index (Phi) is 6.09. The summed E-state index contributed by atoms with van der Waals surface area (Å²) in [5.41, 5.74) is 0.977. The van der Waals surface area contributed by atoms with Crippen molar-refractivity contribution in [3.63, 3.8) is 0 Å². The lowest BCUT2D eigenvalue weighted by atomic mass is 10.1. The van der Waals surface area contributed by atoms with Gasteiger partial charge in [0.2, 0.25) is 0 Å². The van der Waals surface area contributed by atoms with Crippen LogP contribution in [0.15, 0.2) is 64.0 Å². The number of benzene rings is 2. The second-order valence-electron chi connectivity index (χ2n) is 7.40.